The Kier molecular flexibility index (Phi) is 3.46. The van der Waals surface area contributed by atoms with E-state index in [1.807, 2.05) is 54.2 Å². The predicted molar refractivity (Wildman–Crippen MR) is 92.0 cm³/mol. The van der Waals surface area contributed by atoms with Gasteiger partial charge in [-0.1, -0.05) is 12.1 Å². The van der Waals surface area contributed by atoms with Crippen molar-refractivity contribution in [3.63, 3.8) is 0 Å². The third-order valence-corrected chi connectivity index (χ3v) is 4.48. The van der Waals surface area contributed by atoms with Crippen LogP contribution in [-0.4, -0.2) is 45.5 Å². The zero-order valence-electron chi connectivity index (χ0n) is 13.4. The number of carbonyl (C=O) groups is 1. The number of amides is 1. The highest BCUT2D eigenvalue weighted by Crippen LogP contribution is 2.33. The van der Waals surface area contributed by atoms with Gasteiger partial charge in [0.15, 0.2) is 0 Å². The van der Waals surface area contributed by atoms with Crippen LogP contribution in [0.4, 0.5) is 5.69 Å². The van der Waals surface area contributed by atoms with Gasteiger partial charge < -0.3 is 15.3 Å². The molecular formula is C18H18N4O2. The standard InChI is InChI=1S/C18H18N4O2/c1-19-12-5-6-17-20-9-16(22(17)10-12)13-3-2-4-14-15(13)11-21(7-8-23)18(14)24/h2-6,9-10,19,23H,7-8,11H2,1H3. The number of nitrogens with one attached hydrogen (secondary N) is 1. The van der Waals surface area contributed by atoms with Crippen LogP contribution in [0.2, 0.25) is 0 Å². The van der Waals surface area contributed by atoms with Crippen LogP contribution in [0.1, 0.15) is 15.9 Å². The number of nitrogens with zero attached hydrogens (tertiary/aromatic N) is 3. The lowest BCUT2D eigenvalue weighted by Gasteiger charge is -2.13. The van der Waals surface area contributed by atoms with E-state index >= 15 is 0 Å². The van der Waals surface area contributed by atoms with Gasteiger partial charge in [0.25, 0.3) is 5.91 Å². The van der Waals surface area contributed by atoms with Crippen LogP contribution in [-0.2, 0) is 6.54 Å². The van der Waals surface area contributed by atoms with Gasteiger partial charge in [-0.15, -0.1) is 0 Å². The SMILES string of the molecule is CNc1ccc2ncc(-c3cccc4c3CN(CCO)C4=O)n2c1. The fraction of sp³-hybridized carbons (Fsp3) is 0.222. The third kappa shape index (κ3) is 2.15. The summed E-state index contributed by atoms with van der Waals surface area (Å²) in [6, 6.07) is 9.70. The number of aliphatic hydroxyl groups is 1. The largest absolute Gasteiger partial charge is 0.395 e. The van der Waals surface area contributed by atoms with Crippen molar-refractivity contribution in [1.82, 2.24) is 14.3 Å². The molecule has 0 fully saturated rings. The minimum absolute atomic E-state index is 0.0226. The number of carbonyl (C=O) groups excluding carboxylic acids is 1. The number of rotatable bonds is 4. The summed E-state index contributed by atoms with van der Waals surface area (Å²) in [7, 11) is 1.88. The lowest BCUT2D eigenvalue weighted by molar-refractivity contribution is 0.0746. The topological polar surface area (TPSA) is 69.9 Å². The molecule has 2 N–H and O–H groups in total. The number of β-amino-alcohol motifs (C(OH)–C–C–N with tert-alkyl or cyclic N) is 1. The average Bonchev–Trinajstić information content (AvgIpc) is 3.16. The molecule has 24 heavy (non-hydrogen) atoms. The zero-order valence-corrected chi connectivity index (χ0v) is 13.4. The molecule has 0 saturated carbocycles. The van der Waals surface area contributed by atoms with Crippen molar-refractivity contribution >= 4 is 17.2 Å². The van der Waals surface area contributed by atoms with Crippen molar-refractivity contribution in [3.8, 4) is 11.3 Å². The Morgan fingerprint density at radius 1 is 1.25 bits per heavy atom. The molecule has 6 nitrogen and oxygen atoms in total. The van der Waals surface area contributed by atoms with Gasteiger partial charge in [0.1, 0.15) is 5.65 Å². The molecule has 1 aliphatic heterocycles. The first-order valence-corrected chi connectivity index (χ1v) is 7.90. The predicted octanol–water partition coefficient (Wildman–Crippen LogP) is 1.99. The highest BCUT2D eigenvalue weighted by atomic mass is 16.3. The van der Waals surface area contributed by atoms with E-state index in [0.29, 0.717) is 18.7 Å². The fourth-order valence-corrected chi connectivity index (χ4v) is 3.26. The molecule has 6 heteroatoms. The summed E-state index contributed by atoms with van der Waals surface area (Å²) in [4.78, 5) is 18.6. The number of anilines is 1. The molecule has 0 saturated heterocycles. The van der Waals surface area contributed by atoms with Crippen molar-refractivity contribution < 1.29 is 9.90 Å². The molecule has 0 radical (unpaired) electrons. The normalized spacial score (nSPS) is 13.6. The first kappa shape index (κ1) is 14.7. The number of aliphatic hydroxyl groups excluding tert-OH is 1. The molecule has 3 heterocycles. The lowest BCUT2D eigenvalue weighted by Crippen LogP contribution is -2.26. The second kappa shape index (κ2) is 5.65. The summed E-state index contributed by atoms with van der Waals surface area (Å²) in [5.41, 5.74) is 5.51. The minimum atomic E-state index is -0.0315. The first-order valence-electron chi connectivity index (χ1n) is 7.90. The highest BCUT2D eigenvalue weighted by molar-refractivity contribution is 6.00. The number of fused-ring (bicyclic) bond motifs is 2. The van der Waals surface area contributed by atoms with E-state index in [-0.39, 0.29) is 12.5 Å². The number of aromatic nitrogens is 2. The van der Waals surface area contributed by atoms with Gasteiger partial charge >= 0.3 is 0 Å². The van der Waals surface area contributed by atoms with Crippen LogP contribution >= 0.6 is 0 Å². The van der Waals surface area contributed by atoms with E-state index < -0.39 is 0 Å². The molecule has 122 valence electrons. The van der Waals surface area contributed by atoms with Crippen molar-refractivity contribution in [2.45, 2.75) is 6.54 Å². The molecule has 0 atom stereocenters. The maximum absolute atomic E-state index is 12.5. The number of benzene rings is 1. The monoisotopic (exact) mass is 322 g/mol. The van der Waals surface area contributed by atoms with Crippen molar-refractivity contribution in [2.24, 2.45) is 0 Å². The van der Waals surface area contributed by atoms with Gasteiger partial charge in [0.05, 0.1) is 24.2 Å². The quantitative estimate of drug-likeness (QED) is 0.771. The smallest absolute Gasteiger partial charge is 0.254 e. The highest BCUT2D eigenvalue weighted by Gasteiger charge is 2.29. The summed E-state index contributed by atoms with van der Waals surface area (Å²) in [5.74, 6) is -0.0226. The summed E-state index contributed by atoms with van der Waals surface area (Å²) < 4.78 is 2.03. The molecule has 0 unspecified atom stereocenters. The number of pyridine rings is 1. The summed E-state index contributed by atoms with van der Waals surface area (Å²) in [5, 5.41) is 12.3. The van der Waals surface area contributed by atoms with Gasteiger partial charge in [-0.05, 0) is 23.8 Å². The molecule has 0 aliphatic carbocycles. The molecule has 1 aliphatic rings. The molecule has 2 aromatic heterocycles. The Morgan fingerprint density at radius 3 is 2.88 bits per heavy atom. The summed E-state index contributed by atoms with van der Waals surface area (Å²) in [6.45, 7) is 0.837. The second-order valence-electron chi connectivity index (χ2n) is 5.82. The Bertz CT molecular complexity index is 932. The van der Waals surface area contributed by atoms with Crippen LogP contribution in [0.25, 0.3) is 16.9 Å². The maximum Gasteiger partial charge on any atom is 0.254 e. The van der Waals surface area contributed by atoms with Gasteiger partial charge in [-0.3, -0.25) is 9.20 Å². The van der Waals surface area contributed by atoms with Crippen molar-refractivity contribution in [1.29, 1.82) is 0 Å². The third-order valence-electron chi connectivity index (χ3n) is 4.48. The zero-order chi connectivity index (χ0) is 16.7. The van der Waals surface area contributed by atoms with E-state index in [1.165, 1.54) is 0 Å². The van der Waals surface area contributed by atoms with Gasteiger partial charge in [0.2, 0.25) is 0 Å². The number of imidazole rings is 1. The molecule has 0 spiro atoms. The van der Waals surface area contributed by atoms with Gasteiger partial charge in [-0.2, -0.15) is 0 Å². The van der Waals surface area contributed by atoms with Crippen LogP contribution < -0.4 is 5.32 Å². The summed E-state index contributed by atoms with van der Waals surface area (Å²) >= 11 is 0. The van der Waals surface area contributed by atoms with Crippen LogP contribution in [0, 0.1) is 0 Å². The Morgan fingerprint density at radius 2 is 2.08 bits per heavy atom. The van der Waals surface area contributed by atoms with Crippen molar-refractivity contribution in [3.05, 3.63) is 53.9 Å². The van der Waals surface area contributed by atoms with E-state index in [0.717, 1.165) is 28.2 Å². The Labute approximate surface area is 139 Å². The maximum atomic E-state index is 12.5. The fourth-order valence-electron chi connectivity index (χ4n) is 3.26. The minimum Gasteiger partial charge on any atom is -0.395 e. The first-order chi connectivity index (χ1) is 11.7. The van der Waals surface area contributed by atoms with Crippen molar-refractivity contribution in [2.75, 3.05) is 25.5 Å². The molecule has 0 bridgehead atoms. The lowest BCUT2D eigenvalue weighted by atomic mass is 10.0. The van der Waals surface area contributed by atoms with E-state index in [4.69, 9.17) is 5.11 Å². The molecular weight excluding hydrogens is 304 g/mol. The van der Waals surface area contributed by atoms with E-state index in [1.54, 1.807) is 4.90 Å². The molecule has 1 amide bonds. The number of hydrogen-bond donors (Lipinski definition) is 2. The van der Waals surface area contributed by atoms with Crippen LogP contribution in [0.5, 0.6) is 0 Å². The van der Waals surface area contributed by atoms with Crippen LogP contribution in [0.3, 0.4) is 0 Å². The number of hydrogen-bond acceptors (Lipinski definition) is 4. The van der Waals surface area contributed by atoms with Gasteiger partial charge in [0, 0.05) is 37.5 Å². The Hall–Kier alpha value is -2.86. The molecule has 1 aromatic carbocycles. The summed E-state index contributed by atoms with van der Waals surface area (Å²) in [6.07, 6.45) is 3.84. The van der Waals surface area contributed by atoms with E-state index in [2.05, 4.69) is 10.3 Å². The molecule has 4 rings (SSSR count). The van der Waals surface area contributed by atoms with Crippen LogP contribution in [0.15, 0.2) is 42.7 Å². The second-order valence-corrected chi connectivity index (χ2v) is 5.82. The molecule has 3 aromatic rings. The van der Waals surface area contributed by atoms with Gasteiger partial charge in [-0.25, -0.2) is 4.98 Å². The van der Waals surface area contributed by atoms with E-state index in [9.17, 15) is 4.79 Å². The average molecular weight is 322 g/mol. The Balaban J connectivity index is 1.87.